The van der Waals surface area contributed by atoms with Gasteiger partial charge in [-0.3, -0.25) is 14.5 Å². The Morgan fingerprint density at radius 3 is 2.32 bits per heavy atom. The molecule has 1 unspecified atom stereocenters. The van der Waals surface area contributed by atoms with Crippen LogP contribution in [0.3, 0.4) is 0 Å². The van der Waals surface area contributed by atoms with Crippen LogP contribution in [0.25, 0.3) is 0 Å². The minimum atomic E-state index is -1.21. The summed E-state index contributed by atoms with van der Waals surface area (Å²) < 4.78 is 30.6. The summed E-state index contributed by atoms with van der Waals surface area (Å²) in [7, 11) is 5.23. The molecular weight excluding hydrogens is 478 g/mol. The van der Waals surface area contributed by atoms with Gasteiger partial charge in [0.2, 0.25) is 0 Å². The number of carbonyl (C=O) groups excluding carboxylic acids is 2. The van der Waals surface area contributed by atoms with Gasteiger partial charge in [0.15, 0.2) is 0 Å². The molecule has 1 aliphatic heterocycles. The van der Waals surface area contributed by atoms with Crippen LogP contribution in [-0.2, 0) is 33.3 Å². The number of fused-ring (bicyclic) bond motifs is 2. The van der Waals surface area contributed by atoms with Crippen LogP contribution in [0.5, 0.6) is 0 Å². The van der Waals surface area contributed by atoms with Crippen LogP contribution < -0.4 is 0 Å². The number of hydrogen-bond donors (Lipinski definition) is 1. The van der Waals surface area contributed by atoms with E-state index in [4.69, 9.17) is 23.7 Å². The molecule has 5 saturated carbocycles. The molecule has 0 aromatic carbocycles. The van der Waals surface area contributed by atoms with Crippen molar-refractivity contribution in [3.63, 3.8) is 0 Å². The predicted octanol–water partition coefficient (Wildman–Crippen LogP) is 1.64. The summed E-state index contributed by atoms with van der Waals surface area (Å²) in [6, 6.07) is -0.0133. The lowest BCUT2D eigenvalue weighted by Gasteiger charge is -2.69. The topological polar surface area (TPSA) is 104 Å². The maximum Gasteiger partial charge on any atom is 0.302 e. The van der Waals surface area contributed by atoms with Crippen LogP contribution in [0.4, 0.5) is 0 Å². The van der Waals surface area contributed by atoms with Gasteiger partial charge in [-0.1, -0.05) is 6.92 Å². The predicted molar refractivity (Wildman–Crippen MR) is 131 cm³/mol. The Morgan fingerprint density at radius 2 is 1.73 bits per heavy atom. The number of piperidine rings is 1. The van der Waals surface area contributed by atoms with E-state index >= 15 is 0 Å². The molecule has 1 saturated heterocycles. The van der Waals surface area contributed by atoms with Crippen LogP contribution in [0.1, 0.15) is 46.5 Å². The van der Waals surface area contributed by atoms with Gasteiger partial charge in [0.1, 0.15) is 12.2 Å². The zero-order valence-electron chi connectivity index (χ0n) is 23.0. The van der Waals surface area contributed by atoms with Crippen molar-refractivity contribution in [3.05, 3.63) is 0 Å². The summed E-state index contributed by atoms with van der Waals surface area (Å²) >= 11 is 0. The van der Waals surface area contributed by atoms with Gasteiger partial charge in [0, 0.05) is 88.7 Å². The van der Waals surface area contributed by atoms with Crippen molar-refractivity contribution in [2.75, 3.05) is 41.0 Å². The number of carbonyl (C=O) groups is 2. The average molecular weight is 522 g/mol. The minimum absolute atomic E-state index is 0.0112. The Labute approximate surface area is 219 Å². The van der Waals surface area contributed by atoms with E-state index in [2.05, 4.69) is 11.8 Å². The number of esters is 2. The van der Waals surface area contributed by atoms with Crippen molar-refractivity contribution in [3.8, 4) is 0 Å². The molecule has 5 aliphatic carbocycles. The van der Waals surface area contributed by atoms with Crippen LogP contribution >= 0.6 is 0 Å². The largest absolute Gasteiger partial charge is 0.462 e. The SMILES string of the molecule is CCN1C[C@]2(COC)CC[C@H](OC)[C@]34C1[C@H]([C@H](OC(C)=O)[C@H]23)[C@@]1(O)C[C@H](OC)[C@H]2C[C@@H]4[C@@H]1[C@H]2OC(C)=O. The monoisotopic (exact) mass is 521 g/mol. The van der Waals surface area contributed by atoms with E-state index < -0.39 is 17.8 Å². The van der Waals surface area contributed by atoms with E-state index in [0.29, 0.717) is 13.0 Å². The molecule has 0 aromatic heterocycles. The lowest BCUT2D eigenvalue weighted by Crippen LogP contribution is -2.76. The number of hydrogen-bond acceptors (Lipinski definition) is 9. The highest BCUT2D eigenvalue weighted by Crippen LogP contribution is 2.79. The summed E-state index contributed by atoms with van der Waals surface area (Å²) in [6.45, 7) is 7.32. The molecule has 1 heterocycles. The van der Waals surface area contributed by atoms with E-state index in [9.17, 15) is 14.7 Å². The molecule has 0 aromatic rings. The second-order valence-corrected chi connectivity index (χ2v) is 12.7. The number of aliphatic hydroxyl groups is 1. The summed E-state index contributed by atoms with van der Waals surface area (Å²) in [4.78, 5) is 27.5. The first kappa shape index (κ1) is 26.0. The number of ether oxygens (including phenoxy) is 5. The molecule has 37 heavy (non-hydrogen) atoms. The van der Waals surface area contributed by atoms with Gasteiger partial charge in [-0.15, -0.1) is 0 Å². The lowest BCUT2D eigenvalue weighted by atomic mass is 9.43. The maximum absolute atomic E-state index is 12.9. The first-order valence-corrected chi connectivity index (χ1v) is 14.0. The van der Waals surface area contributed by atoms with Crippen molar-refractivity contribution >= 4 is 11.9 Å². The second-order valence-electron chi connectivity index (χ2n) is 12.7. The number of nitrogens with zero attached hydrogens (tertiary/aromatic N) is 1. The molecule has 9 heteroatoms. The fraction of sp³-hybridized carbons (Fsp3) is 0.929. The highest BCUT2D eigenvalue weighted by atomic mass is 16.6. The molecular formula is C28H43NO8. The quantitative estimate of drug-likeness (QED) is 0.501. The molecule has 0 amide bonds. The molecule has 6 aliphatic rings. The molecule has 0 radical (unpaired) electrons. The normalized spacial score (nSPS) is 53.2. The van der Waals surface area contributed by atoms with E-state index in [1.165, 1.54) is 13.8 Å². The molecule has 9 nitrogen and oxygen atoms in total. The van der Waals surface area contributed by atoms with Gasteiger partial charge < -0.3 is 28.8 Å². The minimum Gasteiger partial charge on any atom is -0.462 e. The van der Waals surface area contributed by atoms with Gasteiger partial charge in [-0.25, -0.2) is 0 Å². The van der Waals surface area contributed by atoms with Crippen LogP contribution in [-0.4, -0.2) is 99.0 Å². The standard InChI is InChI=1S/C28H43NO8/c1-7-29-12-26(13-33-4)9-8-19(35-6)28-17-10-16-18(34-5)11-27(32,20(17)22(16)36-14(2)30)21(25(28)29)23(24(26)28)37-15(3)31/h16-25,32H,7-13H2,1-6H3/t16-,17-,18+,19+,20-,21+,22+,23+,24-,25?,26+,27-,28+/m1/s1. The van der Waals surface area contributed by atoms with Crippen LogP contribution in [0.15, 0.2) is 0 Å². The van der Waals surface area contributed by atoms with E-state index in [1.807, 2.05) is 0 Å². The van der Waals surface area contributed by atoms with Crippen molar-refractivity contribution in [1.82, 2.24) is 4.90 Å². The zero-order chi connectivity index (χ0) is 26.5. The first-order valence-electron chi connectivity index (χ1n) is 14.0. The molecule has 6 fully saturated rings. The Morgan fingerprint density at radius 1 is 1.03 bits per heavy atom. The molecule has 1 spiro atoms. The van der Waals surface area contributed by atoms with Gasteiger partial charge in [-0.2, -0.15) is 0 Å². The zero-order valence-corrected chi connectivity index (χ0v) is 23.0. The van der Waals surface area contributed by atoms with E-state index in [-0.39, 0.29) is 70.6 Å². The third kappa shape index (κ3) is 3.04. The molecule has 1 N–H and O–H groups in total. The lowest BCUT2D eigenvalue weighted by molar-refractivity contribution is -0.277. The molecule has 13 atom stereocenters. The number of likely N-dealkylation sites (tertiary alicyclic amines) is 1. The highest BCUT2D eigenvalue weighted by molar-refractivity contribution is 5.67. The summed E-state index contributed by atoms with van der Waals surface area (Å²) in [5.41, 5.74) is -1.80. The first-order chi connectivity index (χ1) is 17.6. The fourth-order valence-corrected chi connectivity index (χ4v) is 11.3. The van der Waals surface area contributed by atoms with Crippen molar-refractivity contribution < 1.29 is 38.4 Å². The summed E-state index contributed by atoms with van der Waals surface area (Å²) in [5, 5.41) is 12.9. The third-order valence-corrected chi connectivity index (χ3v) is 11.7. The van der Waals surface area contributed by atoms with E-state index in [1.54, 1.807) is 21.3 Å². The molecule has 208 valence electrons. The van der Waals surface area contributed by atoms with Crippen LogP contribution in [0, 0.1) is 40.4 Å². The van der Waals surface area contributed by atoms with Crippen molar-refractivity contribution in [2.24, 2.45) is 40.4 Å². The molecule has 6 rings (SSSR count). The smallest absolute Gasteiger partial charge is 0.302 e. The van der Waals surface area contributed by atoms with Crippen LogP contribution in [0.2, 0.25) is 0 Å². The Balaban J connectivity index is 1.63. The van der Waals surface area contributed by atoms with E-state index in [0.717, 1.165) is 32.4 Å². The average Bonchev–Trinajstić information content (AvgIpc) is 3.26. The van der Waals surface area contributed by atoms with Crippen molar-refractivity contribution in [1.29, 1.82) is 0 Å². The van der Waals surface area contributed by atoms with Crippen molar-refractivity contribution in [2.45, 2.75) is 82.5 Å². The highest BCUT2D eigenvalue weighted by Gasteiger charge is 2.87. The summed E-state index contributed by atoms with van der Waals surface area (Å²) in [5.74, 6) is -1.23. The summed E-state index contributed by atoms with van der Waals surface area (Å²) in [6.07, 6.45) is 1.82. The fourth-order valence-electron chi connectivity index (χ4n) is 11.3. The number of rotatable bonds is 7. The van der Waals surface area contributed by atoms with Gasteiger partial charge in [0.05, 0.1) is 24.4 Å². The Kier molecular flexibility index (Phi) is 6.05. The van der Waals surface area contributed by atoms with Gasteiger partial charge in [0.25, 0.3) is 0 Å². The second kappa shape index (κ2) is 8.62. The van der Waals surface area contributed by atoms with Gasteiger partial charge >= 0.3 is 11.9 Å². The molecule has 7 bridgehead atoms. The Hall–Kier alpha value is -1.26. The Bertz CT molecular complexity index is 960. The third-order valence-electron chi connectivity index (χ3n) is 11.7. The van der Waals surface area contributed by atoms with Gasteiger partial charge in [-0.05, 0) is 31.7 Å². The maximum atomic E-state index is 12.9. The number of methoxy groups -OCH3 is 3.